The molecule has 0 saturated carbocycles. The molecule has 7 nitrogen and oxygen atoms in total. The summed E-state index contributed by atoms with van der Waals surface area (Å²) in [5, 5.41) is 14.5. The molecule has 162 valence electrons. The molecule has 0 spiro atoms. The van der Waals surface area contributed by atoms with E-state index in [4.69, 9.17) is 10.00 Å². The first-order valence-corrected chi connectivity index (χ1v) is 10.5. The maximum Gasteiger partial charge on any atom is 0.319 e. The number of hydrogen-bond donors (Lipinski definition) is 2. The van der Waals surface area contributed by atoms with E-state index in [1.807, 2.05) is 42.2 Å². The zero-order valence-electron chi connectivity index (χ0n) is 18.0. The average molecular weight is 421 g/mol. The lowest BCUT2D eigenvalue weighted by Crippen LogP contribution is -2.38. The van der Waals surface area contributed by atoms with Crippen molar-refractivity contribution in [3.63, 3.8) is 0 Å². The van der Waals surface area contributed by atoms with E-state index in [9.17, 15) is 9.59 Å². The molecular weight excluding hydrogens is 392 g/mol. The van der Waals surface area contributed by atoms with E-state index in [0.29, 0.717) is 49.0 Å². The van der Waals surface area contributed by atoms with E-state index in [0.717, 1.165) is 18.4 Å². The third kappa shape index (κ3) is 5.83. The Morgan fingerprint density at radius 1 is 1.16 bits per heavy atom. The molecule has 0 radical (unpaired) electrons. The number of urea groups is 1. The highest BCUT2D eigenvalue weighted by Gasteiger charge is 2.25. The summed E-state index contributed by atoms with van der Waals surface area (Å²) in [5.41, 5.74) is 3.95. The van der Waals surface area contributed by atoms with Gasteiger partial charge in [-0.1, -0.05) is 18.2 Å². The van der Waals surface area contributed by atoms with Crippen molar-refractivity contribution in [3.05, 3.63) is 64.7 Å². The Labute approximate surface area is 183 Å². The molecule has 31 heavy (non-hydrogen) atoms. The van der Waals surface area contributed by atoms with E-state index in [1.165, 1.54) is 5.56 Å². The maximum atomic E-state index is 13.0. The Kier molecular flexibility index (Phi) is 7.63. The molecule has 7 heteroatoms. The van der Waals surface area contributed by atoms with Crippen LogP contribution in [0.1, 0.15) is 45.8 Å². The van der Waals surface area contributed by atoms with Crippen molar-refractivity contribution < 1.29 is 14.3 Å². The maximum absolute atomic E-state index is 13.0. The lowest BCUT2D eigenvalue weighted by molar-refractivity contribution is 0.0713. The van der Waals surface area contributed by atoms with Crippen molar-refractivity contribution in [1.29, 1.82) is 5.26 Å². The quantitative estimate of drug-likeness (QED) is 0.698. The molecule has 2 aromatic rings. The SMILES string of the molecule is COCCNC(=O)Nc1cc(C(=O)N2CCC(c3ccc(C#N)cc3)CC2)ccc1C. The summed E-state index contributed by atoms with van der Waals surface area (Å²) in [5.74, 6) is 0.365. The predicted molar refractivity (Wildman–Crippen MR) is 119 cm³/mol. The molecule has 0 aromatic heterocycles. The van der Waals surface area contributed by atoms with Crippen LogP contribution in [0.4, 0.5) is 10.5 Å². The fourth-order valence-electron chi connectivity index (χ4n) is 3.75. The number of hydrogen-bond acceptors (Lipinski definition) is 4. The number of nitriles is 1. The van der Waals surface area contributed by atoms with Crippen LogP contribution in [0.5, 0.6) is 0 Å². The van der Waals surface area contributed by atoms with Gasteiger partial charge in [0.2, 0.25) is 0 Å². The Bertz CT molecular complexity index is 958. The number of carbonyl (C=O) groups is 2. The van der Waals surface area contributed by atoms with Crippen LogP contribution in [0.25, 0.3) is 0 Å². The van der Waals surface area contributed by atoms with Gasteiger partial charge in [-0.2, -0.15) is 5.26 Å². The van der Waals surface area contributed by atoms with Crippen molar-refractivity contribution in [2.24, 2.45) is 0 Å². The molecule has 3 rings (SSSR count). The molecule has 2 aromatic carbocycles. The van der Waals surface area contributed by atoms with Crippen LogP contribution in [0, 0.1) is 18.3 Å². The summed E-state index contributed by atoms with van der Waals surface area (Å²) >= 11 is 0. The van der Waals surface area contributed by atoms with E-state index in [-0.39, 0.29) is 11.9 Å². The number of methoxy groups -OCH3 is 1. The van der Waals surface area contributed by atoms with Gasteiger partial charge < -0.3 is 20.3 Å². The van der Waals surface area contributed by atoms with Crippen molar-refractivity contribution >= 4 is 17.6 Å². The van der Waals surface area contributed by atoms with Gasteiger partial charge in [0, 0.05) is 38.0 Å². The lowest BCUT2D eigenvalue weighted by atomic mass is 9.89. The zero-order valence-corrected chi connectivity index (χ0v) is 18.0. The van der Waals surface area contributed by atoms with Crippen LogP contribution in [-0.2, 0) is 4.74 Å². The highest BCUT2D eigenvalue weighted by Crippen LogP contribution is 2.29. The van der Waals surface area contributed by atoms with Gasteiger partial charge in [0.25, 0.3) is 5.91 Å². The molecule has 1 aliphatic heterocycles. The Balaban J connectivity index is 1.60. The van der Waals surface area contributed by atoms with Gasteiger partial charge in [-0.15, -0.1) is 0 Å². The molecule has 2 N–H and O–H groups in total. The number of amides is 3. The normalized spacial score (nSPS) is 14.0. The molecule has 0 unspecified atom stereocenters. The number of carbonyl (C=O) groups excluding carboxylic acids is 2. The molecular formula is C24H28N4O3. The molecule has 0 atom stereocenters. The van der Waals surface area contributed by atoms with Crippen LogP contribution < -0.4 is 10.6 Å². The minimum Gasteiger partial charge on any atom is -0.383 e. The van der Waals surface area contributed by atoms with Crippen LogP contribution in [-0.4, -0.2) is 50.2 Å². The minimum absolute atomic E-state index is 0.0267. The first-order chi connectivity index (χ1) is 15.0. The first kappa shape index (κ1) is 22.3. The third-order valence-electron chi connectivity index (χ3n) is 5.62. The Hall–Kier alpha value is -3.37. The second-order valence-corrected chi connectivity index (χ2v) is 7.70. The second kappa shape index (κ2) is 10.6. The summed E-state index contributed by atoms with van der Waals surface area (Å²) in [7, 11) is 1.58. The smallest absolute Gasteiger partial charge is 0.319 e. The summed E-state index contributed by atoms with van der Waals surface area (Å²) in [6.45, 7) is 4.09. The van der Waals surface area contributed by atoms with Gasteiger partial charge in [-0.25, -0.2) is 4.79 Å². The molecule has 3 amide bonds. The summed E-state index contributed by atoms with van der Waals surface area (Å²) in [6, 6.07) is 14.9. The van der Waals surface area contributed by atoms with Gasteiger partial charge in [0.15, 0.2) is 0 Å². The number of rotatable bonds is 6. The number of anilines is 1. The van der Waals surface area contributed by atoms with Gasteiger partial charge in [-0.05, 0) is 61.1 Å². The molecule has 0 bridgehead atoms. The number of nitrogens with one attached hydrogen (secondary N) is 2. The molecule has 0 aliphatic carbocycles. The highest BCUT2D eigenvalue weighted by atomic mass is 16.5. The van der Waals surface area contributed by atoms with Crippen LogP contribution in [0.15, 0.2) is 42.5 Å². The summed E-state index contributed by atoms with van der Waals surface area (Å²) < 4.78 is 4.92. The Morgan fingerprint density at radius 3 is 2.52 bits per heavy atom. The standard InChI is InChI=1S/C24H28N4O3/c1-17-3-6-21(15-22(17)27-24(30)26-11-14-31-2)23(29)28-12-9-20(10-13-28)19-7-4-18(16-25)5-8-19/h3-8,15,20H,9-14H2,1-2H3,(H2,26,27,30). The van der Waals surface area contributed by atoms with Crippen LogP contribution in [0.2, 0.25) is 0 Å². The fourth-order valence-corrected chi connectivity index (χ4v) is 3.75. The predicted octanol–water partition coefficient (Wildman–Crippen LogP) is 3.65. The monoisotopic (exact) mass is 420 g/mol. The topological polar surface area (TPSA) is 94.5 Å². The molecule has 1 aliphatic rings. The van der Waals surface area contributed by atoms with Gasteiger partial charge in [0.05, 0.1) is 18.2 Å². The fraction of sp³-hybridized carbons (Fsp3) is 0.375. The molecule has 1 fully saturated rings. The number of piperidine rings is 1. The number of ether oxygens (including phenoxy) is 1. The van der Waals surface area contributed by atoms with Crippen molar-refractivity contribution in [2.45, 2.75) is 25.7 Å². The first-order valence-electron chi connectivity index (χ1n) is 10.5. The second-order valence-electron chi connectivity index (χ2n) is 7.70. The van der Waals surface area contributed by atoms with Crippen LogP contribution >= 0.6 is 0 Å². The van der Waals surface area contributed by atoms with Crippen LogP contribution in [0.3, 0.4) is 0 Å². The van der Waals surface area contributed by atoms with Gasteiger partial charge in [0.1, 0.15) is 0 Å². The Morgan fingerprint density at radius 2 is 1.87 bits per heavy atom. The van der Waals surface area contributed by atoms with E-state index < -0.39 is 0 Å². The number of likely N-dealkylation sites (tertiary alicyclic amines) is 1. The van der Waals surface area contributed by atoms with Crippen molar-refractivity contribution in [1.82, 2.24) is 10.2 Å². The molecule has 1 heterocycles. The summed E-state index contributed by atoms with van der Waals surface area (Å²) in [6.07, 6.45) is 1.77. The van der Waals surface area contributed by atoms with E-state index in [1.54, 1.807) is 19.2 Å². The largest absolute Gasteiger partial charge is 0.383 e. The number of aryl methyl sites for hydroxylation is 1. The number of nitrogens with zero attached hydrogens (tertiary/aromatic N) is 2. The van der Waals surface area contributed by atoms with Crippen molar-refractivity contribution in [3.8, 4) is 6.07 Å². The lowest BCUT2D eigenvalue weighted by Gasteiger charge is -2.32. The van der Waals surface area contributed by atoms with E-state index >= 15 is 0 Å². The average Bonchev–Trinajstić information content (AvgIpc) is 2.80. The summed E-state index contributed by atoms with van der Waals surface area (Å²) in [4.78, 5) is 26.9. The highest BCUT2D eigenvalue weighted by molar-refractivity contribution is 5.97. The van der Waals surface area contributed by atoms with E-state index in [2.05, 4.69) is 16.7 Å². The van der Waals surface area contributed by atoms with Crippen molar-refractivity contribution in [2.75, 3.05) is 38.7 Å². The molecule has 1 saturated heterocycles. The van der Waals surface area contributed by atoms with Gasteiger partial charge in [-0.3, -0.25) is 4.79 Å². The third-order valence-corrected chi connectivity index (χ3v) is 5.62. The van der Waals surface area contributed by atoms with Gasteiger partial charge >= 0.3 is 6.03 Å². The number of benzene rings is 2. The zero-order chi connectivity index (χ0) is 22.2. The minimum atomic E-state index is -0.326.